The van der Waals surface area contributed by atoms with Gasteiger partial charge in [-0.1, -0.05) is 45.0 Å². The van der Waals surface area contributed by atoms with Crippen molar-refractivity contribution in [1.82, 2.24) is 10.6 Å². The van der Waals surface area contributed by atoms with Crippen LogP contribution in [0.5, 0.6) is 0 Å². The molecule has 0 aromatic heterocycles. The van der Waals surface area contributed by atoms with Gasteiger partial charge in [0, 0.05) is 6.42 Å². The molecule has 2 rings (SSSR count). The highest BCUT2D eigenvalue weighted by Crippen LogP contribution is 2.29. The third-order valence-corrected chi connectivity index (χ3v) is 4.52. The summed E-state index contributed by atoms with van der Waals surface area (Å²) in [5.41, 5.74) is 2.55. The van der Waals surface area contributed by atoms with Crippen molar-refractivity contribution in [2.75, 3.05) is 0 Å². The average molecular weight is 330 g/mol. The van der Waals surface area contributed by atoms with Crippen molar-refractivity contribution in [3.63, 3.8) is 0 Å². The zero-order chi connectivity index (χ0) is 17.5. The van der Waals surface area contributed by atoms with E-state index in [2.05, 4.69) is 42.7 Å². The van der Waals surface area contributed by atoms with Crippen LogP contribution in [0.2, 0.25) is 0 Å². The summed E-state index contributed by atoms with van der Waals surface area (Å²) in [6.45, 7) is 6.11. The van der Waals surface area contributed by atoms with E-state index in [1.165, 1.54) is 11.1 Å². The summed E-state index contributed by atoms with van der Waals surface area (Å²) in [5, 5.41) is 6.09. The van der Waals surface area contributed by atoms with Gasteiger partial charge in [-0.15, -0.1) is 0 Å². The minimum Gasteiger partial charge on any atom is -0.348 e. The summed E-state index contributed by atoms with van der Waals surface area (Å²) in [7, 11) is 0. The van der Waals surface area contributed by atoms with Gasteiger partial charge in [0.05, 0.1) is 6.04 Å². The van der Waals surface area contributed by atoms with E-state index < -0.39 is 6.04 Å². The monoisotopic (exact) mass is 330 g/mol. The molecule has 0 saturated heterocycles. The average Bonchev–Trinajstić information content (AvgIpc) is 2.54. The number of hydrogen-bond donors (Lipinski definition) is 2. The molecule has 2 amide bonds. The van der Waals surface area contributed by atoms with Gasteiger partial charge in [-0.25, -0.2) is 0 Å². The highest BCUT2D eigenvalue weighted by molar-refractivity contribution is 5.87. The topological polar surface area (TPSA) is 58.2 Å². The maximum absolute atomic E-state index is 12.8. The van der Waals surface area contributed by atoms with Crippen LogP contribution in [0.4, 0.5) is 0 Å². The fourth-order valence-corrected chi connectivity index (χ4v) is 3.37. The van der Waals surface area contributed by atoms with E-state index in [-0.39, 0.29) is 17.9 Å². The third kappa shape index (κ3) is 5.08. The molecule has 1 aromatic carbocycles. The molecule has 4 heteroatoms. The Labute approximate surface area is 145 Å². The SMILES string of the molecule is CCCC(=O)NC(CC(C)C)C(=O)N[C@H]1CCCc2ccccc21. The largest absolute Gasteiger partial charge is 0.348 e. The molecule has 0 bridgehead atoms. The van der Waals surface area contributed by atoms with E-state index in [0.717, 1.165) is 25.7 Å². The van der Waals surface area contributed by atoms with Crippen molar-refractivity contribution in [3.8, 4) is 0 Å². The lowest BCUT2D eigenvalue weighted by molar-refractivity contribution is -0.130. The van der Waals surface area contributed by atoms with Crippen molar-refractivity contribution in [1.29, 1.82) is 0 Å². The van der Waals surface area contributed by atoms with Crippen LogP contribution in [0.3, 0.4) is 0 Å². The number of fused-ring (bicyclic) bond motifs is 1. The highest BCUT2D eigenvalue weighted by Gasteiger charge is 2.26. The Hall–Kier alpha value is -1.84. The van der Waals surface area contributed by atoms with Crippen LogP contribution in [0, 0.1) is 5.92 Å². The Bertz CT molecular complexity index is 569. The van der Waals surface area contributed by atoms with Crippen LogP contribution in [-0.4, -0.2) is 17.9 Å². The molecule has 2 N–H and O–H groups in total. The van der Waals surface area contributed by atoms with Crippen LogP contribution in [0.15, 0.2) is 24.3 Å². The number of amides is 2. The molecule has 1 unspecified atom stereocenters. The van der Waals surface area contributed by atoms with Gasteiger partial charge >= 0.3 is 0 Å². The summed E-state index contributed by atoms with van der Waals surface area (Å²) >= 11 is 0. The number of carbonyl (C=O) groups excluding carboxylic acids is 2. The second kappa shape index (κ2) is 8.86. The predicted molar refractivity (Wildman–Crippen MR) is 96.6 cm³/mol. The first-order valence-corrected chi connectivity index (χ1v) is 9.18. The molecule has 132 valence electrons. The summed E-state index contributed by atoms with van der Waals surface area (Å²) < 4.78 is 0. The van der Waals surface area contributed by atoms with Crippen LogP contribution in [0.25, 0.3) is 0 Å². The Morgan fingerprint density at radius 2 is 2.00 bits per heavy atom. The molecular formula is C20H30N2O2. The van der Waals surface area contributed by atoms with Crippen molar-refractivity contribution in [3.05, 3.63) is 35.4 Å². The highest BCUT2D eigenvalue weighted by atomic mass is 16.2. The Kier molecular flexibility index (Phi) is 6.83. The lowest BCUT2D eigenvalue weighted by Crippen LogP contribution is -2.48. The molecule has 24 heavy (non-hydrogen) atoms. The molecule has 0 aliphatic heterocycles. The maximum atomic E-state index is 12.8. The van der Waals surface area contributed by atoms with Gasteiger partial charge in [-0.2, -0.15) is 0 Å². The van der Waals surface area contributed by atoms with Crippen molar-refractivity contribution >= 4 is 11.8 Å². The molecule has 0 spiro atoms. The second-order valence-corrected chi connectivity index (χ2v) is 7.15. The number of aryl methyl sites for hydroxylation is 1. The van der Waals surface area contributed by atoms with Crippen LogP contribution < -0.4 is 10.6 Å². The van der Waals surface area contributed by atoms with E-state index in [4.69, 9.17) is 0 Å². The van der Waals surface area contributed by atoms with E-state index >= 15 is 0 Å². The number of hydrogen-bond acceptors (Lipinski definition) is 2. The maximum Gasteiger partial charge on any atom is 0.243 e. The second-order valence-electron chi connectivity index (χ2n) is 7.15. The Morgan fingerprint density at radius 3 is 2.71 bits per heavy atom. The molecule has 0 fully saturated rings. The van der Waals surface area contributed by atoms with Gasteiger partial charge < -0.3 is 10.6 Å². The standard InChI is InChI=1S/C20H30N2O2/c1-4-8-19(23)21-18(13-14(2)3)20(24)22-17-12-7-10-15-9-5-6-11-16(15)17/h5-6,9,11,14,17-18H,4,7-8,10,12-13H2,1-3H3,(H,21,23)(H,22,24)/t17-,18?/m0/s1. The predicted octanol–water partition coefficient (Wildman–Crippen LogP) is 3.51. The number of benzene rings is 1. The van der Waals surface area contributed by atoms with Gasteiger partial charge in [-0.05, 0) is 49.1 Å². The Morgan fingerprint density at radius 1 is 1.25 bits per heavy atom. The molecule has 2 atom stereocenters. The normalized spacial score (nSPS) is 17.9. The quantitative estimate of drug-likeness (QED) is 0.804. The van der Waals surface area contributed by atoms with Gasteiger partial charge in [-0.3, -0.25) is 9.59 Å². The van der Waals surface area contributed by atoms with Crippen molar-refractivity contribution in [2.45, 2.75) is 71.4 Å². The molecule has 0 radical (unpaired) electrons. The van der Waals surface area contributed by atoms with Crippen LogP contribution in [-0.2, 0) is 16.0 Å². The van der Waals surface area contributed by atoms with E-state index in [0.29, 0.717) is 18.8 Å². The fourth-order valence-electron chi connectivity index (χ4n) is 3.37. The zero-order valence-electron chi connectivity index (χ0n) is 15.1. The van der Waals surface area contributed by atoms with Gasteiger partial charge in [0.15, 0.2) is 0 Å². The van der Waals surface area contributed by atoms with Crippen molar-refractivity contribution in [2.24, 2.45) is 5.92 Å². The minimum atomic E-state index is -0.446. The molecule has 0 saturated carbocycles. The lowest BCUT2D eigenvalue weighted by Gasteiger charge is -2.29. The van der Waals surface area contributed by atoms with Crippen LogP contribution in [0.1, 0.15) is 70.0 Å². The van der Waals surface area contributed by atoms with Gasteiger partial charge in [0.2, 0.25) is 11.8 Å². The summed E-state index contributed by atoms with van der Waals surface area (Å²) in [6, 6.07) is 7.93. The van der Waals surface area contributed by atoms with Gasteiger partial charge in [0.1, 0.15) is 6.04 Å². The molecule has 0 heterocycles. The molecule has 1 aromatic rings. The molecule has 1 aliphatic carbocycles. The Balaban J connectivity index is 2.06. The number of nitrogens with one attached hydrogen (secondary N) is 2. The smallest absolute Gasteiger partial charge is 0.243 e. The molecular weight excluding hydrogens is 300 g/mol. The summed E-state index contributed by atoms with van der Waals surface area (Å²) in [4.78, 5) is 24.7. The van der Waals surface area contributed by atoms with Gasteiger partial charge in [0.25, 0.3) is 0 Å². The third-order valence-electron chi connectivity index (χ3n) is 4.52. The number of carbonyl (C=O) groups is 2. The van der Waals surface area contributed by atoms with E-state index in [1.54, 1.807) is 0 Å². The zero-order valence-corrected chi connectivity index (χ0v) is 15.1. The van der Waals surface area contributed by atoms with Crippen molar-refractivity contribution < 1.29 is 9.59 Å². The fraction of sp³-hybridized carbons (Fsp3) is 0.600. The molecule has 1 aliphatic rings. The van der Waals surface area contributed by atoms with E-state index in [9.17, 15) is 9.59 Å². The first-order valence-electron chi connectivity index (χ1n) is 9.18. The lowest BCUT2D eigenvalue weighted by atomic mass is 9.87. The minimum absolute atomic E-state index is 0.0395. The number of rotatable bonds is 7. The van der Waals surface area contributed by atoms with Crippen LogP contribution >= 0.6 is 0 Å². The first kappa shape index (κ1) is 18.5. The summed E-state index contributed by atoms with van der Waals surface area (Å²) in [5.74, 6) is 0.249. The summed E-state index contributed by atoms with van der Waals surface area (Å²) in [6.07, 6.45) is 5.03. The first-order chi connectivity index (χ1) is 11.5. The molecule has 4 nitrogen and oxygen atoms in total. The van der Waals surface area contributed by atoms with E-state index in [1.807, 2.05) is 13.0 Å².